The molecule has 2 N–H and O–H groups in total. The summed E-state index contributed by atoms with van der Waals surface area (Å²) >= 11 is 0. The number of likely N-dealkylation sites (N-methyl/N-ethyl adjacent to an activating group) is 1. The maximum atomic E-state index is 12.5. The van der Waals surface area contributed by atoms with Gasteiger partial charge in [0.05, 0.1) is 27.5 Å². The summed E-state index contributed by atoms with van der Waals surface area (Å²) < 4.78 is 17.8. The molecule has 0 aliphatic heterocycles. The fraction of sp³-hybridized carbons (Fsp3) is 0.444. The Hall–Kier alpha value is -2.74. The highest BCUT2D eigenvalue weighted by molar-refractivity contribution is 5.83. The molecular weight excluding hydrogens is 336 g/mol. The largest absolute Gasteiger partial charge is 0.496 e. The van der Waals surface area contributed by atoms with Gasteiger partial charge in [-0.25, -0.2) is 0 Å². The zero-order chi connectivity index (χ0) is 19.1. The molecule has 0 bridgehead atoms. The predicted octanol–water partition coefficient (Wildman–Crippen LogP) is 1.07. The average Bonchev–Trinajstić information content (AvgIpc) is 3.07. The minimum Gasteiger partial charge on any atom is -0.496 e. The second-order valence-corrected chi connectivity index (χ2v) is 5.72. The molecule has 8 nitrogen and oxygen atoms in total. The zero-order valence-corrected chi connectivity index (χ0v) is 15.8. The van der Waals surface area contributed by atoms with Crippen molar-refractivity contribution in [2.45, 2.75) is 12.5 Å². The van der Waals surface area contributed by atoms with Gasteiger partial charge in [-0.05, 0) is 13.5 Å². The Morgan fingerprint density at radius 1 is 1.19 bits per heavy atom. The first-order valence-electron chi connectivity index (χ1n) is 8.26. The molecule has 0 spiro atoms. The van der Waals surface area contributed by atoms with Crippen LogP contribution in [0.25, 0.3) is 0 Å². The highest BCUT2D eigenvalue weighted by atomic mass is 16.5. The van der Waals surface area contributed by atoms with E-state index in [1.807, 2.05) is 13.2 Å². The number of nitrogens with zero attached hydrogens (tertiary/aromatic N) is 2. The van der Waals surface area contributed by atoms with E-state index in [1.165, 1.54) is 0 Å². The van der Waals surface area contributed by atoms with Gasteiger partial charge in [-0.1, -0.05) is 0 Å². The van der Waals surface area contributed by atoms with Gasteiger partial charge in [0.1, 0.15) is 23.3 Å². The second-order valence-electron chi connectivity index (χ2n) is 5.72. The van der Waals surface area contributed by atoms with Gasteiger partial charge in [-0.15, -0.1) is 0 Å². The number of carbonyl (C=O) groups is 1. The van der Waals surface area contributed by atoms with E-state index >= 15 is 0 Å². The monoisotopic (exact) mass is 362 g/mol. The summed E-state index contributed by atoms with van der Waals surface area (Å²) in [4.78, 5) is 12.5. The maximum absolute atomic E-state index is 12.5. The van der Waals surface area contributed by atoms with Crippen molar-refractivity contribution in [1.82, 2.24) is 20.4 Å². The fourth-order valence-corrected chi connectivity index (χ4v) is 2.78. The number of methoxy groups -OCH3 is 3. The smallest absolute Gasteiger partial charge is 0.241 e. The number of carbonyl (C=O) groups excluding carboxylic acids is 1. The Bertz CT molecular complexity index is 720. The Morgan fingerprint density at radius 2 is 1.85 bits per heavy atom. The molecule has 2 aromatic rings. The molecule has 0 aliphatic carbocycles. The first-order chi connectivity index (χ1) is 12.5. The molecule has 0 saturated carbocycles. The predicted molar refractivity (Wildman–Crippen MR) is 97.8 cm³/mol. The molecule has 1 atom stereocenters. The van der Waals surface area contributed by atoms with Crippen LogP contribution in [0.15, 0.2) is 24.5 Å². The van der Waals surface area contributed by atoms with Crippen LogP contribution >= 0.6 is 0 Å². The number of ether oxygens (including phenoxy) is 3. The van der Waals surface area contributed by atoms with Gasteiger partial charge in [0, 0.05) is 43.0 Å². The summed E-state index contributed by atoms with van der Waals surface area (Å²) in [6.45, 7) is 0.441. The van der Waals surface area contributed by atoms with E-state index in [0.29, 0.717) is 30.2 Å². The third-order valence-electron chi connectivity index (χ3n) is 4.10. The van der Waals surface area contributed by atoms with Gasteiger partial charge in [0.2, 0.25) is 5.91 Å². The van der Waals surface area contributed by atoms with E-state index in [-0.39, 0.29) is 5.91 Å². The van der Waals surface area contributed by atoms with Crippen LogP contribution in [-0.2, 0) is 18.3 Å². The fourth-order valence-electron chi connectivity index (χ4n) is 2.78. The van der Waals surface area contributed by atoms with E-state index in [9.17, 15) is 4.79 Å². The minimum atomic E-state index is -0.455. The van der Waals surface area contributed by atoms with E-state index in [1.54, 1.807) is 51.4 Å². The number of hydrogen-bond acceptors (Lipinski definition) is 6. The Labute approximate surface area is 153 Å². The van der Waals surface area contributed by atoms with E-state index in [2.05, 4.69) is 15.7 Å². The SMILES string of the molecule is CNC(C(=O)NCCc1c(OC)cc(OC)cc1OC)c1cnn(C)c1. The number of aryl methyl sites for hydroxylation is 1. The molecule has 8 heteroatoms. The van der Waals surface area contributed by atoms with E-state index in [0.717, 1.165) is 11.1 Å². The van der Waals surface area contributed by atoms with Gasteiger partial charge < -0.3 is 24.8 Å². The molecule has 1 aromatic heterocycles. The molecule has 0 radical (unpaired) electrons. The molecule has 0 fully saturated rings. The topological polar surface area (TPSA) is 86.6 Å². The molecular formula is C18H26N4O4. The van der Waals surface area contributed by atoms with Crippen LogP contribution in [-0.4, -0.2) is 50.6 Å². The van der Waals surface area contributed by atoms with Crippen LogP contribution < -0.4 is 24.8 Å². The number of rotatable bonds is 9. The standard InChI is InChI=1S/C18H26N4O4/c1-19-17(12-10-21-22(2)11-12)18(23)20-7-6-14-15(25-4)8-13(24-3)9-16(14)26-5/h8-11,17,19H,6-7H2,1-5H3,(H,20,23). The van der Waals surface area contributed by atoms with Crippen molar-refractivity contribution in [3.05, 3.63) is 35.7 Å². The van der Waals surface area contributed by atoms with Gasteiger partial charge in [0.25, 0.3) is 0 Å². The first-order valence-corrected chi connectivity index (χ1v) is 8.26. The normalized spacial score (nSPS) is 11.7. The summed E-state index contributed by atoms with van der Waals surface area (Å²) in [7, 11) is 8.33. The Morgan fingerprint density at radius 3 is 2.31 bits per heavy atom. The number of benzene rings is 1. The van der Waals surface area contributed by atoms with Crippen molar-refractivity contribution in [2.75, 3.05) is 34.9 Å². The second kappa shape index (κ2) is 9.10. The van der Waals surface area contributed by atoms with Crippen LogP contribution in [0.2, 0.25) is 0 Å². The molecule has 1 amide bonds. The maximum Gasteiger partial charge on any atom is 0.241 e. The van der Waals surface area contributed by atoms with Gasteiger partial charge >= 0.3 is 0 Å². The Balaban J connectivity index is 2.05. The highest BCUT2D eigenvalue weighted by Gasteiger charge is 2.20. The average molecular weight is 362 g/mol. The zero-order valence-electron chi connectivity index (χ0n) is 15.8. The van der Waals surface area contributed by atoms with Crippen molar-refractivity contribution in [3.63, 3.8) is 0 Å². The molecule has 0 saturated heterocycles. The van der Waals surface area contributed by atoms with E-state index in [4.69, 9.17) is 14.2 Å². The van der Waals surface area contributed by atoms with Crippen molar-refractivity contribution in [2.24, 2.45) is 7.05 Å². The van der Waals surface area contributed by atoms with Crippen LogP contribution in [0.4, 0.5) is 0 Å². The first kappa shape index (κ1) is 19.6. The van der Waals surface area contributed by atoms with Gasteiger partial charge in [0.15, 0.2) is 0 Å². The summed E-state index contributed by atoms with van der Waals surface area (Å²) in [6.07, 6.45) is 4.05. The molecule has 2 rings (SSSR count). The van der Waals surface area contributed by atoms with Gasteiger partial charge in [-0.2, -0.15) is 5.10 Å². The summed E-state index contributed by atoms with van der Waals surface area (Å²) in [6, 6.07) is 3.14. The lowest BCUT2D eigenvalue weighted by Crippen LogP contribution is -2.36. The molecule has 26 heavy (non-hydrogen) atoms. The van der Waals surface area contributed by atoms with E-state index < -0.39 is 6.04 Å². The molecule has 0 aliphatic rings. The van der Waals surface area contributed by atoms with Gasteiger partial charge in [-0.3, -0.25) is 9.48 Å². The number of nitrogens with one attached hydrogen (secondary N) is 2. The summed E-state index contributed by atoms with van der Waals surface area (Å²) in [5.41, 5.74) is 1.69. The summed E-state index contributed by atoms with van der Waals surface area (Å²) in [5, 5.41) is 10.1. The van der Waals surface area contributed by atoms with Crippen molar-refractivity contribution < 1.29 is 19.0 Å². The quantitative estimate of drug-likeness (QED) is 0.694. The third kappa shape index (κ3) is 4.45. The third-order valence-corrected chi connectivity index (χ3v) is 4.10. The lowest BCUT2D eigenvalue weighted by molar-refractivity contribution is -0.123. The molecule has 1 unspecified atom stereocenters. The van der Waals surface area contributed by atoms with Crippen molar-refractivity contribution in [1.29, 1.82) is 0 Å². The molecule has 142 valence electrons. The van der Waals surface area contributed by atoms with Crippen LogP contribution in [0, 0.1) is 0 Å². The Kier molecular flexibility index (Phi) is 6.85. The number of amides is 1. The molecule has 1 heterocycles. The van der Waals surface area contributed by atoms with Crippen molar-refractivity contribution in [3.8, 4) is 17.2 Å². The van der Waals surface area contributed by atoms with Crippen LogP contribution in [0.5, 0.6) is 17.2 Å². The van der Waals surface area contributed by atoms with Crippen molar-refractivity contribution >= 4 is 5.91 Å². The van der Waals surface area contributed by atoms with Crippen LogP contribution in [0.3, 0.4) is 0 Å². The highest BCUT2D eigenvalue weighted by Crippen LogP contribution is 2.34. The molecule has 1 aromatic carbocycles. The van der Waals surface area contributed by atoms with Crippen LogP contribution in [0.1, 0.15) is 17.2 Å². The summed E-state index contributed by atoms with van der Waals surface area (Å²) in [5.74, 6) is 1.85. The lowest BCUT2D eigenvalue weighted by atomic mass is 10.1. The number of aromatic nitrogens is 2. The lowest BCUT2D eigenvalue weighted by Gasteiger charge is -2.17. The number of hydrogen-bond donors (Lipinski definition) is 2. The minimum absolute atomic E-state index is 0.119.